The zero-order chi connectivity index (χ0) is 13.3. The standard InChI is InChI=1S/C12H18N4O2/c1-8(2)12(3-4-12)7-14-11-6-9(16(17)18)5-10(13)15-11/h5-6,8H,3-4,7H2,1-2H3,(H3,13,14,15). The van der Waals surface area contributed by atoms with Crippen LogP contribution in [0, 0.1) is 21.4 Å². The Hall–Kier alpha value is -1.85. The summed E-state index contributed by atoms with van der Waals surface area (Å²) in [6.07, 6.45) is 2.39. The predicted molar refractivity (Wildman–Crippen MR) is 70.3 cm³/mol. The van der Waals surface area contributed by atoms with Crippen molar-refractivity contribution < 1.29 is 4.92 Å². The maximum absolute atomic E-state index is 10.7. The normalized spacial score (nSPS) is 16.6. The van der Waals surface area contributed by atoms with Gasteiger partial charge in [-0.05, 0) is 24.2 Å². The highest BCUT2D eigenvalue weighted by molar-refractivity contribution is 5.52. The van der Waals surface area contributed by atoms with Crippen molar-refractivity contribution in [2.75, 3.05) is 17.6 Å². The van der Waals surface area contributed by atoms with Crippen molar-refractivity contribution in [1.82, 2.24) is 4.98 Å². The molecule has 3 N–H and O–H groups in total. The van der Waals surface area contributed by atoms with Gasteiger partial charge in [-0.15, -0.1) is 0 Å². The number of rotatable bonds is 5. The van der Waals surface area contributed by atoms with E-state index >= 15 is 0 Å². The van der Waals surface area contributed by atoms with Gasteiger partial charge < -0.3 is 11.1 Å². The Bertz CT molecular complexity index is 469. The molecule has 1 saturated carbocycles. The van der Waals surface area contributed by atoms with Gasteiger partial charge in [0.1, 0.15) is 11.6 Å². The molecule has 1 aliphatic carbocycles. The Morgan fingerprint density at radius 1 is 1.56 bits per heavy atom. The van der Waals surface area contributed by atoms with Crippen molar-refractivity contribution in [3.8, 4) is 0 Å². The van der Waals surface area contributed by atoms with Crippen LogP contribution in [-0.2, 0) is 0 Å². The van der Waals surface area contributed by atoms with Crippen LogP contribution in [0.1, 0.15) is 26.7 Å². The van der Waals surface area contributed by atoms with Crippen molar-refractivity contribution in [3.63, 3.8) is 0 Å². The Kier molecular flexibility index (Phi) is 3.11. The maximum Gasteiger partial charge on any atom is 0.276 e. The number of nitrogens with one attached hydrogen (secondary N) is 1. The zero-order valence-corrected chi connectivity index (χ0v) is 10.6. The summed E-state index contributed by atoms with van der Waals surface area (Å²) >= 11 is 0. The highest BCUT2D eigenvalue weighted by Crippen LogP contribution is 2.51. The van der Waals surface area contributed by atoms with Crippen molar-refractivity contribution in [1.29, 1.82) is 0 Å². The first-order chi connectivity index (χ1) is 8.43. The van der Waals surface area contributed by atoms with Gasteiger partial charge in [0.15, 0.2) is 0 Å². The molecule has 0 saturated heterocycles. The van der Waals surface area contributed by atoms with Crippen LogP contribution in [0.15, 0.2) is 12.1 Å². The lowest BCUT2D eigenvalue weighted by Crippen LogP contribution is -2.21. The summed E-state index contributed by atoms with van der Waals surface area (Å²) < 4.78 is 0. The molecule has 1 heterocycles. The Labute approximate surface area is 106 Å². The predicted octanol–water partition coefficient (Wildman–Crippen LogP) is 2.42. The van der Waals surface area contributed by atoms with Crippen LogP contribution < -0.4 is 11.1 Å². The largest absolute Gasteiger partial charge is 0.383 e. The fraction of sp³-hybridized carbons (Fsp3) is 0.583. The smallest absolute Gasteiger partial charge is 0.276 e. The van der Waals surface area contributed by atoms with Gasteiger partial charge in [0.25, 0.3) is 5.69 Å². The summed E-state index contributed by atoms with van der Waals surface area (Å²) in [5.74, 6) is 1.25. The number of aromatic nitrogens is 1. The average molecular weight is 250 g/mol. The summed E-state index contributed by atoms with van der Waals surface area (Å²) in [6.45, 7) is 5.19. The van der Waals surface area contributed by atoms with E-state index in [9.17, 15) is 10.1 Å². The van der Waals surface area contributed by atoms with E-state index < -0.39 is 4.92 Å². The van der Waals surface area contributed by atoms with E-state index in [2.05, 4.69) is 24.1 Å². The summed E-state index contributed by atoms with van der Waals surface area (Å²) in [6, 6.07) is 2.69. The quantitative estimate of drug-likeness (QED) is 0.618. The summed E-state index contributed by atoms with van der Waals surface area (Å²) in [5, 5.41) is 13.9. The lowest BCUT2D eigenvalue weighted by atomic mass is 9.92. The van der Waals surface area contributed by atoms with Crippen LogP contribution in [0.2, 0.25) is 0 Å². The van der Waals surface area contributed by atoms with Crippen molar-refractivity contribution in [3.05, 3.63) is 22.2 Å². The van der Waals surface area contributed by atoms with E-state index in [1.165, 1.54) is 25.0 Å². The van der Waals surface area contributed by atoms with Gasteiger partial charge in [0.05, 0.1) is 17.1 Å². The number of nitrogens with two attached hydrogens (primary N) is 1. The first-order valence-corrected chi connectivity index (χ1v) is 6.09. The molecule has 2 rings (SSSR count). The van der Waals surface area contributed by atoms with Crippen LogP contribution >= 0.6 is 0 Å². The molecule has 0 radical (unpaired) electrons. The summed E-state index contributed by atoms with van der Waals surface area (Å²) in [4.78, 5) is 14.3. The SMILES string of the molecule is CC(C)C1(CNc2cc([N+](=O)[O-])cc(N)n2)CC1. The van der Waals surface area contributed by atoms with Gasteiger partial charge >= 0.3 is 0 Å². The molecule has 18 heavy (non-hydrogen) atoms. The fourth-order valence-corrected chi connectivity index (χ4v) is 2.12. The molecule has 6 heteroatoms. The van der Waals surface area contributed by atoms with Gasteiger partial charge in [0, 0.05) is 6.54 Å². The van der Waals surface area contributed by atoms with E-state index in [0.29, 0.717) is 17.2 Å². The number of nitrogen functional groups attached to an aromatic ring is 1. The molecular formula is C12H18N4O2. The lowest BCUT2D eigenvalue weighted by molar-refractivity contribution is -0.384. The second-order valence-electron chi connectivity index (χ2n) is 5.26. The third kappa shape index (κ3) is 2.52. The molecule has 6 nitrogen and oxygen atoms in total. The number of nitrogens with zero attached hydrogens (tertiary/aromatic N) is 2. The fourth-order valence-electron chi connectivity index (χ4n) is 2.12. The van der Waals surface area contributed by atoms with Gasteiger partial charge in [-0.1, -0.05) is 13.8 Å². The molecule has 1 aromatic rings. The third-order valence-corrected chi connectivity index (χ3v) is 3.78. The summed E-state index contributed by atoms with van der Waals surface area (Å²) in [7, 11) is 0. The highest BCUT2D eigenvalue weighted by atomic mass is 16.6. The van der Waals surface area contributed by atoms with Crippen LogP contribution in [0.5, 0.6) is 0 Å². The van der Waals surface area contributed by atoms with E-state index in [-0.39, 0.29) is 11.5 Å². The first-order valence-electron chi connectivity index (χ1n) is 6.09. The number of hydrogen-bond acceptors (Lipinski definition) is 5. The second-order valence-corrected chi connectivity index (χ2v) is 5.26. The molecule has 1 aromatic heterocycles. The van der Waals surface area contributed by atoms with Gasteiger partial charge in [0.2, 0.25) is 0 Å². The second kappa shape index (κ2) is 4.44. The Balaban J connectivity index is 2.08. The van der Waals surface area contributed by atoms with Gasteiger partial charge in [-0.2, -0.15) is 0 Å². The van der Waals surface area contributed by atoms with Crippen molar-refractivity contribution >= 4 is 17.3 Å². The van der Waals surface area contributed by atoms with Crippen LogP contribution in [0.4, 0.5) is 17.3 Å². The topological polar surface area (TPSA) is 94.1 Å². The van der Waals surface area contributed by atoms with Crippen molar-refractivity contribution in [2.45, 2.75) is 26.7 Å². The van der Waals surface area contributed by atoms with E-state index in [4.69, 9.17) is 5.73 Å². The van der Waals surface area contributed by atoms with Gasteiger partial charge in [-0.25, -0.2) is 4.98 Å². The zero-order valence-electron chi connectivity index (χ0n) is 10.6. The molecule has 0 amide bonds. The molecule has 1 aliphatic rings. The number of nitro groups is 1. The lowest BCUT2D eigenvalue weighted by Gasteiger charge is -2.20. The molecule has 0 bridgehead atoms. The molecule has 0 aliphatic heterocycles. The third-order valence-electron chi connectivity index (χ3n) is 3.78. The Morgan fingerprint density at radius 3 is 2.72 bits per heavy atom. The van der Waals surface area contributed by atoms with E-state index in [1.807, 2.05) is 0 Å². The monoisotopic (exact) mass is 250 g/mol. The minimum absolute atomic E-state index is 0.0283. The molecule has 0 atom stereocenters. The van der Waals surface area contributed by atoms with Crippen LogP contribution in [-0.4, -0.2) is 16.5 Å². The number of anilines is 2. The molecule has 0 spiro atoms. The molecule has 0 aromatic carbocycles. The van der Waals surface area contributed by atoms with Gasteiger partial charge in [-0.3, -0.25) is 10.1 Å². The molecule has 1 fully saturated rings. The minimum Gasteiger partial charge on any atom is -0.383 e. The Morgan fingerprint density at radius 2 is 2.22 bits per heavy atom. The molecule has 0 unspecified atom stereocenters. The van der Waals surface area contributed by atoms with Crippen LogP contribution in [0.25, 0.3) is 0 Å². The number of pyridine rings is 1. The van der Waals surface area contributed by atoms with E-state index in [1.54, 1.807) is 0 Å². The van der Waals surface area contributed by atoms with Crippen LogP contribution in [0.3, 0.4) is 0 Å². The van der Waals surface area contributed by atoms with Crippen molar-refractivity contribution in [2.24, 2.45) is 11.3 Å². The maximum atomic E-state index is 10.7. The molecule has 98 valence electrons. The van der Waals surface area contributed by atoms with E-state index in [0.717, 1.165) is 6.54 Å². The average Bonchev–Trinajstić information content (AvgIpc) is 3.06. The number of hydrogen-bond donors (Lipinski definition) is 2. The summed E-state index contributed by atoms with van der Waals surface area (Å²) in [5.41, 5.74) is 5.85. The first kappa shape index (κ1) is 12.6. The molecular weight excluding hydrogens is 232 g/mol. The highest BCUT2D eigenvalue weighted by Gasteiger charge is 2.44. The minimum atomic E-state index is -0.460.